The summed E-state index contributed by atoms with van der Waals surface area (Å²) in [6.07, 6.45) is 0.457. The maximum Gasteiger partial charge on any atom is 0.320 e. The van der Waals surface area contributed by atoms with E-state index in [2.05, 4.69) is 15.9 Å². The largest absolute Gasteiger partial charge is 0.465 e. The van der Waals surface area contributed by atoms with Crippen LogP contribution < -0.4 is 0 Å². The van der Waals surface area contributed by atoms with Crippen molar-refractivity contribution in [3.05, 3.63) is 33.8 Å². The summed E-state index contributed by atoms with van der Waals surface area (Å²) >= 11 is 15.1. The molecule has 0 saturated carbocycles. The Balaban J connectivity index is 2.72. The molecule has 1 aromatic rings. The van der Waals surface area contributed by atoms with Gasteiger partial charge in [-0.05, 0) is 37.1 Å². The molecule has 1 atom stereocenters. The van der Waals surface area contributed by atoms with Crippen LogP contribution in [0, 0.1) is 0 Å². The standard InChI is InChI=1S/C11H11BrCl2O2/c1-2-16-11(15)9(12)6-7-5-8(13)3-4-10(7)14/h3-5,9H,2,6H2,1H3. The highest BCUT2D eigenvalue weighted by molar-refractivity contribution is 9.10. The summed E-state index contributed by atoms with van der Waals surface area (Å²) in [7, 11) is 0. The SMILES string of the molecule is CCOC(=O)C(Br)Cc1cc(Cl)ccc1Cl. The molecule has 1 rings (SSSR count). The number of hydrogen-bond donors (Lipinski definition) is 0. The van der Waals surface area contributed by atoms with Crippen molar-refractivity contribution < 1.29 is 9.53 Å². The first kappa shape index (κ1) is 13.8. The Morgan fingerprint density at radius 3 is 2.81 bits per heavy atom. The van der Waals surface area contributed by atoms with Gasteiger partial charge in [-0.1, -0.05) is 39.1 Å². The van der Waals surface area contributed by atoms with Gasteiger partial charge >= 0.3 is 5.97 Å². The Bertz CT molecular complexity index is 382. The summed E-state index contributed by atoms with van der Waals surface area (Å²) in [4.78, 5) is 11.0. The lowest BCUT2D eigenvalue weighted by Gasteiger charge is -2.10. The zero-order valence-electron chi connectivity index (χ0n) is 8.67. The first-order chi connectivity index (χ1) is 7.54. The third-order valence-electron chi connectivity index (χ3n) is 1.95. The van der Waals surface area contributed by atoms with Gasteiger partial charge in [-0.25, -0.2) is 0 Å². The van der Waals surface area contributed by atoms with Crippen LogP contribution in [0.4, 0.5) is 0 Å². The second-order valence-electron chi connectivity index (χ2n) is 3.16. The topological polar surface area (TPSA) is 26.3 Å². The maximum absolute atomic E-state index is 11.4. The summed E-state index contributed by atoms with van der Waals surface area (Å²) in [6.45, 7) is 2.13. The fourth-order valence-electron chi connectivity index (χ4n) is 1.21. The van der Waals surface area contributed by atoms with E-state index in [0.717, 1.165) is 5.56 Å². The van der Waals surface area contributed by atoms with Crippen molar-refractivity contribution in [2.24, 2.45) is 0 Å². The quantitative estimate of drug-likeness (QED) is 0.620. The Hall–Kier alpha value is -0.250. The van der Waals surface area contributed by atoms with E-state index in [1.54, 1.807) is 25.1 Å². The summed E-state index contributed by atoms with van der Waals surface area (Å²) in [5, 5.41) is 1.20. The van der Waals surface area contributed by atoms with E-state index in [4.69, 9.17) is 27.9 Å². The molecule has 88 valence electrons. The molecule has 1 unspecified atom stereocenters. The first-order valence-electron chi connectivity index (χ1n) is 4.79. The second-order valence-corrected chi connectivity index (χ2v) is 5.11. The van der Waals surface area contributed by atoms with Gasteiger partial charge in [-0.2, -0.15) is 0 Å². The van der Waals surface area contributed by atoms with E-state index >= 15 is 0 Å². The molecule has 0 N–H and O–H groups in total. The first-order valence-corrected chi connectivity index (χ1v) is 6.46. The van der Waals surface area contributed by atoms with Crippen molar-refractivity contribution in [3.63, 3.8) is 0 Å². The molecule has 5 heteroatoms. The van der Waals surface area contributed by atoms with Crippen molar-refractivity contribution >= 4 is 45.1 Å². The van der Waals surface area contributed by atoms with Gasteiger partial charge in [0.2, 0.25) is 0 Å². The number of halogens is 3. The number of hydrogen-bond acceptors (Lipinski definition) is 2. The number of ether oxygens (including phenoxy) is 1. The lowest BCUT2D eigenvalue weighted by Crippen LogP contribution is -2.19. The van der Waals surface area contributed by atoms with Crippen molar-refractivity contribution in [1.29, 1.82) is 0 Å². The van der Waals surface area contributed by atoms with Crippen LogP contribution in [0.5, 0.6) is 0 Å². The van der Waals surface area contributed by atoms with E-state index < -0.39 is 4.83 Å². The highest BCUT2D eigenvalue weighted by Crippen LogP contribution is 2.23. The van der Waals surface area contributed by atoms with Crippen LogP contribution in [0.15, 0.2) is 18.2 Å². The number of alkyl halides is 1. The minimum absolute atomic E-state index is 0.293. The molecule has 0 aliphatic carbocycles. The van der Waals surface area contributed by atoms with E-state index in [9.17, 15) is 4.79 Å². The van der Waals surface area contributed by atoms with Gasteiger partial charge in [0.1, 0.15) is 4.83 Å². The van der Waals surface area contributed by atoms with E-state index in [-0.39, 0.29) is 5.97 Å². The minimum atomic E-state index is -0.400. The zero-order valence-corrected chi connectivity index (χ0v) is 11.8. The van der Waals surface area contributed by atoms with Gasteiger partial charge in [0.25, 0.3) is 0 Å². The third kappa shape index (κ3) is 3.96. The van der Waals surface area contributed by atoms with Crippen LogP contribution in [-0.4, -0.2) is 17.4 Å². The number of carbonyl (C=O) groups is 1. The van der Waals surface area contributed by atoms with Crippen molar-refractivity contribution in [2.75, 3.05) is 6.61 Å². The molecule has 2 nitrogen and oxygen atoms in total. The third-order valence-corrected chi connectivity index (χ3v) is 3.25. The lowest BCUT2D eigenvalue weighted by atomic mass is 10.1. The number of benzene rings is 1. The molecule has 0 saturated heterocycles. The van der Waals surface area contributed by atoms with Crippen molar-refractivity contribution in [3.8, 4) is 0 Å². The molecule has 0 heterocycles. The predicted octanol–water partition coefficient (Wildman–Crippen LogP) is 3.86. The van der Waals surface area contributed by atoms with Gasteiger partial charge in [0.05, 0.1) is 6.61 Å². The van der Waals surface area contributed by atoms with Crippen LogP contribution in [0.1, 0.15) is 12.5 Å². The van der Waals surface area contributed by atoms with E-state index in [1.165, 1.54) is 0 Å². The van der Waals surface area contributed by atoms with Gasteiger partial charge < -0.3 is 4.74 Å². The van der Waals surface area contributed by atoms with E-state index in [0.29, 0.717) is 23.1 Å². The summed E-state index contributed by atoms with van der Waals surface area (Å²) in [5.74, 6) is -0.293. The van der Waals surface area contributed by atoms with Crippen LogP contribution in [0.2, 0.25) is 10.0 Å². The van der Waals surface area contributed by atoms with Crippen molar-refractivity contribution in [2.45, 2.75) is 18.2 Å². The molecule has 0 spiro atoms. The highest BCUT2D eigenvalue weighted by atomic mass is 79.9. The normalized spacial score (nSPS) is 12.2. The second kappa shape index (κ2) is 6.48. The molecule has 0 radical (unpaired) electrons. The van der Waals surface area contributed by atoms with Gasteiger partial charge in [-0.3, -0.25) is 4.79 Å². The molecule has 0 aliphatic rings. The average Bonchev–Trinajstić information content (AvgIpc) is 2.23. The van der Waals surface area contributed by atoms with Crippen LogP contribution in [0.25, 0.3) is 0 Å². The van der Waals surface area contributed by atoms with Crippen LogP contribution in [0.3, 0.4) is 0 Å². The molecule has 0 fully saturated rings. The fraction of sp³-hybridized carbons (Fsp3) is 0.364. The molecule has 0 amide bonds. The van der Waals surface area contributed by atoms with Gasteiger partial charge in [-0.15, -0.1) is 0 Å². The maximum atomic E-state index is 11.4. The Morgan fingerprint density at radius 2 is 2.19 bits per heavy atom. The van der Waals surface area contributed by atoms with E-state index in [1.807, 2.05) is 0 Å². The Kier molecular flexibility index (Phi) is 5.59. The average molecular weight is 326 g/mol. The predicted molar refractivity (Wildman–Crippen MR) is 69.5 cm³/mol. The van der Waals surface area contributed by atoms with Crippen LogP contribution >= 0.6 is 39.1 Å². The Morgan fingerprint density at radius 1 is 1.50 bits per heavy atom. The number of rotatable bonds is 4. The molecule has 0 aromatic heterocycles. The number of carbonyl (C=O) groups excluding carboxylic acids is 1. The highest BCUT2D eigenvalue weighted by Gasteiger charge is 2.17. The Labute approximate surface area is 113 Å². The van der Waals surface area contributed by atoms with Gasteiger partial charge in [0.15, 0.2) is 0 Å². The molecule has 16 heavy (non-hydrogen) atoms. The molecular formula is C11H11BrCl2O2. The zero-order chi connectivity index (χ0) is 12.1. The summed E-state index contributed by atoms with van der Waals surface area (Å²) in [5.41, 5.74) is 0.823. The molecule has 1 aromatic carbocycles. The van der Waals surface area contributed by atoms with Crippen molar-refractivity contribution in [1.82, 2.24) is 0 Å². The number of esters is 1. The molecule has 0 bridgehead atoms. The molecule has 0 aliphatic heterocycles. The fourth-order valence-corrected chi connectivity index (χ4v) is 2.08. The minimum Gasteiger partial charge on any atom is -0.465 e. The monoisotopic (exact) mass is 324 g/mol. The summed E-state index contributed by atoms with van der Waals surface area (Å²) in [6, 6.07) is 5.17. The summed E-state index contributed by atoms with van der Waals surface area (Å²) < 4.78 is 4.88. The molecular weight excluding hydrogens is 315 g/mol. The van der Waals surface area contributed by atoms with Gasteiger partial charge in [0, 0.05) is 10.0 Å². The lowest BCUT2D eigenvalue weighted by molar-refractivity contribution is -0.142. The van der Waals surface area contributed by atoms with Crippen LogP contribution in [-0.2, 0) is 16.0 Å². The smallest absolute Gasteiger partial charge is 0.320 e.